The molecule has 116 valence electrons. The number of carbonyl (C=O) groups is 1. The fourth-order valence-corrected chi connectivity index (χ4v) is 4.04. The lowest BCUT2D eigenvalue weighted by molar-refractivity contribution is -0.186. The van der Waals surface area contributed by atoms with Crippen molar-refractivity contribution in [1.82, 2.24) is 0 Å². The zero-order chi connectivity index (χ0) is 14.8. The number of hydrogen-bond acceptors (Lipinski definition) is 2. The Bertz CT molecular complexity index is 333. The molecular formula is C15H23F3O2. The quantitative estimate of drug-likeness (QED) is 0.708. The van der Waals surface area contributed by atoms with Crippen LogP contribution < -0.4 is 0 Å². The van der Waals surface area contributed by atoms with E-state index < -0.39 is 12.1 Å². The topological polar surface area (TPSA) is 26.3 Å². The highest BCUT2D eigenvalue weighted by Gasteiger charge is 2.44. The Balaban J connectivity index is 1.95. The zero-order valence-electron chi connectivity index (χ0n) is 11.9. The predicted octanol–water partition coefficient (Wildman–Crippen LogP) is 4.33. The first-order chi connectivity index (χ1) is 9.43. The number of hydrogen-bond donors (Lipinski definition) is 0. The maximum absolute atomic E-state index is 12.7. The molecule has 2 nitrogen and oxygen atoms in total. The SMILES string of the molecule is COC(=O)C1CCCCC1C1CCC(C(F)(F)F)CC1. The van der Waals surface area contributed by atoms with Crippen LogP contribution in [0.2, 0.25) is 0 Å². The molecule has 20 heavy (non-hydrogen) atoms. The standard InChI is InChI=1S/C15H23F3O2/c1-20-14(19)13-5-3-2-4-12(13)10-6-8-11(9-7-10)15(16,17)18/h10-13H,2-9H2,1H3. The predicted molar refractivity (Wildman–Crippen MR) is 69.0 cm³/mol. The number of ether oxygens (including phenoxy) is 1. The smallest absolute Gasteiger partial charge is 0.391 e. The third kappa shape index (κ3) is 3.47. The van der Waals surface area contributed by atoms with Crippen LogP contribution in [0.4, 0.5) is 13.2 Å². The lowest BCUT2D eigenvalue weighted by Gasteiger charge is -2.39. The van der Waals surface area contributed by atoms with Crippen molar-refractivity contribution >= 4 is 5.97 Å². The van der Waals surface area contributed by atoms with Gasteiger partial charge >= 0.3 is 12.1 Å². The summed E-state index contributed by atoms with van der Waals surface area (Å²) in [6.07, 6.45) is 1.48. The van der Waals surface area contributed by atoms with Crippen LogP contribution in [0.3, 0.4) is 0 Å². The molecule has 0 spiro atoms. The molecule has 0 heterocycles. The number of rotatable bonds is 2. The average molecular weight is 292 g/mol. The Hall–Kier alpha value is -0.740. The molecule has 0 aromatic rings. The van der Waals surface area contributed by atoms with Gasteiger partial charge in [-0.05, 0) is 50.4 Å². The first-order valence-corrected chi connectivity index (χ1v) is 7.58. The lowest BCUT2D eigenvalue weighted by atomic mass is 9.66. The minimum Gasteiger partial charge on any atom is -0.469 e. The molecule has 2 atom stereocenters. The molecule has 2 rings (SSSR count). The monoisotopic (exact) mass is 292 g/mol. The van der Waals surface area contributed by atoms with Crippen molar-refractivity contribution in [2.45, 2.75) is 57.5 Å². The van der Waals surface area contributed by atoms with E-state index in [9.17, 15) is 18.0 Å². The molecule has 0 bridgehead atoms. The molecule has 2 unspecified atom stereocenters. The first-order valence-electron chi connectivity index (χ1n) is 7.58. The van der Waals surface area contributed by atoms with Crippen LogP contribution in [0, 0.1) is 23.7 Å². The Kier molecular flexibility index (Phi) is 4.97. The van der Waals surface area contributed by atoms with Gasteiger partial charge in [0, 0.05) is 0 Å². The van der Waals surface area contributed by atoms with E-state index in [1.165, 1.54) is 7.11 Å². The van der Waals surface area contributed by atoms with Crippen molar-refractivity contribution in [3.05, 3.63) is 0 Å². The van der Waals surface area contributed by atoms with Crippen LogP contribution in [-0.4, -0.2) is 19.3 Å². The van der Waals surface area contributed by atoms with Gasteiger partial charge in [-0.1, -0.05) is 12.8 Å². The highest BCUT2D eigenvalue weighted by Crippen LogP contribution is 2.46. The van der Waals surface area contributed by atoms with E-state index in [0.29, 0.717) is 12.8 Å². The molecule has 0 aliphatic heterocycles. The van der Waals surface area contributed by atoms with Gasteiger partial charge in [-0.25, -0.2) is 0 Å². The molecule has 2 saturated carbocycles. The summed E-state index contributed by atoms with van der Waals surface area (Å²) >= 11 is 0. The second-order valence-corrected chi connectivity index (χ2v) is 6.23. The molecule has 0 radical (unpaired) electrons. The van der Waals surface area contributed by atoms with Crippen molar-refractivity contribution in [1.29, 1.82) is 0 Å². The van der Waals surface area contributed by atoms with Gasteiger partial charge in [-0.3, -0.25) is 4.79 Å². The molecule has 2 aliphatic carbocycles. The largest absolute Gasteiger partial charge is 0.469 e. The zero-order valence-corrected chi connectivity index (χ0v) is 11.9. The van der Waals surface area contributed by atoms with Crippen molar-refractivity contribution in [3.8, 4) is 0 Å². The van der Waals surface area contributed by atoms with E-state index in [1.807, 2.05) is 0 Å². The van der Waals surface area contributed by atoms with Crippen molar-refractivity contribution < 1.29 is 22.7 Å². The van der Waals surface area contributed by atoms with E-state index >= 15 is 0 Å². The van der Waals surface area contributed by atoms with E-state index in [1.54, 1.807) is 0 Å². The van der Waals surface area contributed by atoms with Gasteiger partial charge in [0.15, 0.2) is 0 Å². The number of carbonyl (C=O) groups excluding carboxylic acids is 1. The summed E-state index contributed by atoms with van der Waals surface area (Å²) in [5, 5.41) is 0. The molecule has 2 fully saturated rings. The maximum atomic E-state index is 12.7. The van der Waals surface area contributed by atoms with Crippen molar-refractivity contribution in [2.75, 3.05) is 7.11 Å². The van der Waals surface area contributed by atoms with Gasteiger partial charge in [0.1, 0.15) is 0 Å². The molecule has 0 saturated heterocycles. The van der Waals surface area contributed by atoms with Crippen LogP contribution in [-0.2, 0) is 9.53 Å². The van der Waals surface area contributed by atoms with E-state index in [4.69, 9.17) is 4.74 Å². The highest BCUT2D eigenvalue weighted by molar-refractivity contribution is 5.72. The fourth-order valence-electron chi connectivity index (χ4n) is 4.04. The summed E-state index contributed by atoms with van der Waals surface area (Å²) in [5.41, 5.74) is 0. The van der Waals surface area contributed by atoms with E-state index in [0.717, 1.165) is 25.7 Å². The Morgan fingerprint density at radius 3 is 2.15 bits per heavy atom. The second kappa shape index (κ2) is 6.35. The van der Waals surface area contributed by atoms with Gasteiger partial charge in [0.25, 0.3) is 0 Å². The summed E-state index contributed by atoms with van der Waals surface area (Å²) < 4.78 is 43.0. The Morgan fingerprint density at radius 1 is 1.00 bits per heavy atom. The van der Waals surface area contributed by atoms with Crippen molar-refractivity contribution in [3.63, 3.8) is 0 Å². The maximum Gasteiger partial charge on any atom is 0.391 e. The molecule has 0 aromatic carbocycles. The summed E-state index contributed by atoms with van der Waals surface area (Å²) in [4.78, 5) is 11.8. The number of esters is 1. The van der Waals surface area contributed by atoms with Crippen LogP contribution in [0.25, 0.3) is 0 Å². The summed E-state index contributed by atoms with van der Waals surface area (Å²) in [6, 6.07) is 0. The number of alkyl halides is 3. The highest BCUT2D eigenvalue weighted by atomic mass is 19.4. The Morgan fingerprint density at radius 2 is 1.60 bits per heavy atom. The van der Waals surface area contributed by atoms with Gasteiger partial charge in [0.2, 0.25) is 0 Å². The van der Waals surface area contributed by atoms with E-state index in [-0.39, 0.29) is 36.6 Å². The van der Waals surface area contributed by atoms with Crippen LogP contribution in [0.5, 0.6) is 0 Å². The van der Waals surface area contributed by atoms with Gasteiger partial charge in [-0.15, -0.1) is 0 Å². The summed E-state index contributed by atoms with van der Waals surface area (Å²) in [5.74, 6) is -0.920. The minimum absolute atomic E-state index is 0.0961. The van der Waals surface area contributed by atoms with Crippen LogP contribution in [0.1, 0.15) is 51.4 Å². The first kappa shape index (κ1) is 15.6. The molecular weight excluding hydrogens is 269 g/mol. The average Bonchev–Trinajstić information content (AvgIpc) is 2.45. The summed E-state index contributed by atoms with van der Waals surface area (Å²) in [6.45, 7) is 0. The van der Waals surface area contributed by atoms with Gasteiger partial charge < -0.3 is 4.74 Å². The van der Waals surface area contributed by atoms with Gasteiger partial charge in [-0.2, -0.15) is 13.2 Å². The molecule has 5 heteroatoms. The lowest BCUT2D eigenvalue weighted by Crippen LogP contribution is -2.36. The molecule has 0 N–H and O–H groups in total. The number of halogens is 3. The molecule has 0 amide bonds. The van der Waals surface area contributed by atoms with E-state index in [2.05, 4.69) is 0 Å². The van der Waals surface area contributed by atoms with Crippen molar-refractivity contribution in [2.24, 2.45) is 23.7 Å². The Labute approximate surface area is 118 Å². The van der Waals surface area contributed by atoms with Crippen LogP contribution in [0.15, 0.2) is 0 Å². The third-order valence-corrected chi connectivity index (χ3v) is 5.16. The minimum atomic E-state index is -4.06. The van der Waals surface area contributed by atoms with Gasteiger partial charge in [0.05, 0.1) is 18.9 Å². The second-order valence-electron chi connectivity index (χ2n) is 6.23. The molecule has 2 aliphatic rings. The third-order valence-electron chi connectivity index (χ3n) is 5.16. The fraction of sp³-hybridized carbons (Fsp3) is 0.933. The van der Waals surface area contributed by atoms with Crippen LogP contribution >= 0.6 is 0 Å². The number of methoxy groups -OCH3 is 1. The summed E-state index contributed by atoms with van der Waals surface area (Å²) in [7, 11) is 1.40. The molecule has 0 aromatic heterocycles. The normalized spacial score (nSPS) is 35.6.